The van der Waals surface area contributed by atoms with Crippen molar-refractivity contribution in [3.8, 4) is 17.2 Å². The maximum Gasteiger partial charge on any atom is 0.257 e. The van der Waals surface area contributed by atoms with E-state index in [0.717, 1.165) is 0 Å². The Bertz CT molecular complexity index is 1030. The van der Waals surface area contributed by atoms with Crippen LogP contribution >= 0.6 is 11.8 Å². The Balaban J connectivity index is 1.84. The molecule has 170 valence electrons. The second kappa shape index (κ2) is 11.1. The van der Waals surface area contributed by atoms with E-state index in [4.69, 9.17) is 14.2 Å². The summed E-state index contributed by atoms with van der Waals surface area (Å²) in [6.07, 6.45) is 1.99. The van der Waals surface area contributed by atoms with Crippen LogP contribution in [0, 0.1) is 0 Å². The molecule has 1 atom stereocenters. The summed E-state index contributed by atoms with van der Waals surface area (Å²) in [5.41, 5.74) is 0.390. The average Bonchev–Trinajstić information content (AvgIpc) is 3.17. The first kappa shape index (κ1) is 23.7. The van der Waals surface area contributed by atoms with Crippen molar-refractivity contribution >= 4 is 23.5 Å². The van der Waals surface area contributed by atoms with Crippen LogP contribution in [0.1, 0.15) is 37.6 Å². The number of nitrogens with one attached hydrogen (secondary N) is 1. The zero-order chi connectivity index (χ0) is 23.1. The second-order valence-electron chi connectivity index (χ2n) is 7.45. The Hall–Kier alpha value is -2.97. The lowest BCUT2D eigenvalue weighted by atomic mass is 10.2. The molecule has 0 saturated heterocycles. The maximum absolute atomic E-state index is 12.8. The Morgan fingerprint density at radius 1 is 1.09 bits per heavy atom. The number of rotatable bonds is 10. The van der Waals surface area contributed by atoms with Gasteiger partial charge in [0.05, 0.1) is 0 Å². The van der Waals surface area contributed by atoms with Crippen molar-refractivity contribution in [2.75, 3.05) is 12.4 Å². The van der Waals surface area contributed by atoms with Crippen LogP contribution in [0.15, 0.2) is 59.6 Å². The number of carbonyl (C=O) groups is 1. The molecule has 0 radical (unpaired) electrons. The first-order chi connectivity index (χ1) is 15.4. The molecule has 1 heterocycles. The summed E-state index contributed by atoms with van der Waals surface area (Å²) >= 11 is 1.79. The molecular formula is C24H29N3O4S. The van der Waals surface area contributed by atoms with Gasteiger partial charge in [-0.2, -0.15) is 5.10 Å². The van der Waals surface area contributed by atoms with Gasteiger partial charge < -0.3 is 19.5 Å². The summed E-state index contributed by atoms with van der Waals surface area (Å²) in [5, 5.41) is 7.48. The number of nitrogens with zero attached hydrogens (tertiary/aromatic N) is 2. The molecule has 0 saturated carbocycles. The van der Waals surface area contributed by atoms with Crippen molar-refractivity contribution in [2.24, 2.45) is 7.05 Å². The Kier molecular flexibility index (Phi) is 8.19. The van der Waals surface area contributed by atoms with Gasteiger partial charge in [0.25, 0.3) is 5.91 Å². The number of anilines is 1. The molecule has 0 aliphatic rings. The summed E-state index contributed by atoms with van der Waals surface area (Å²) < 4.78 is 18.9. The topological polar surface area (TPSA) is 74.6 Å². The van der Waals surface area contributed by atoms with E-state index in [-0.39, 0.29) is 5.91 Å². The molecule has 1 unspecified atom stereocenters. The van der Waals surface area contributed by atoms with Gasteiger partial charge in [0.1, 0.15) is 17.2 Å². The number of ether oxygens (including phenoxy) is 3. The summed E-state index contributed by atoms with van der Waals surface area (Å²) in [7, 11) is 3.37. The number of hydrogen-bond donors (Lipinski definition) is 1. The van der Waals surface area contributed by atoms with Gasteiger partial charge in [-0.3, -0.25) is 9.48 Å². The molecule has 0 spiro atoms. The molecule has 7 nitrogen and oxygen atoms in total. The molecule has 1 amide bonds. The Labute approximate surface area is 193 Å². The van der Waals surface area contributed by atoms with E-state index in [1.807, 2.05) is 31.2 Å². The minimum Gasteiger partial charge on any atom is -0.465 e. The van der Waals surface area contributed by atoms with Crippen LogP contribution in [0.4, 0.5) is 5.82 Å². The largest absolute Gasteiger partial charge is 0.465 e. The number of carbonyl (C=O) groups excluding carboxylic acids is 1. The fourth-order valence-electron chi connectivity index (χ4n) is 2.94. The zero-order valence-corrected chi connectivity index (χ0v) is 19.8. The van der Waals surface area contributed by atoms with Gasteiger partial charge in [-0.15, -0.1) is 11.8 Å². The fourth-order valence-corrected chi connectivity index (χ4v) is 3.78. The van der Waals surface area contributed by atoms with Crippen molar-refractivity contribution < 1.29 is 19.0 Å². The monoisotopic (exact) mass is 455 g/mol. The quantitative estimate of drug-likeness (QED) is 0.311. The number of thioether (sulfide) groups is 1. The van der Waals surface area contributed by atoms with Gasteiger partial charge in [0.15, 0.2) is 12.1 Å². The van der Waals surface area contributed by atoms with Crippen molar-refractivity contribution in [3.05, 3.63) is 60.3 Å². The predicted octanol–water partition coefficient (Wildman–Crippen LogP) is 5.73. The van der Waals surface area contributed by atoms with E-state index >= 15 is 0 Å². The highest BCUT2D eigenvalue weighted by atomic mass is 32.2. The van der Waals surface area contributed by atoms with Gasteiger partial charge in [-0.05, 0) is 36.4 Å². The molecule has 0 aliphatic heterocycles. The van der Waals surface area contributed by atoms with Crippen molar-refractivity contribution in [1.29, 1.82) is 0 Å². The molecule has 1 N–H and O–H groups in total. The lowest BCUT2D eigenvalue weighted by molar-refractivity contribution is -0.0549. The van der Waals surface area contributed by atoms with Crippen LogP contribution in [-0.2, 0) is 11.8 Å². The molecule has 2 aromatic carbocycles. The highest BCUT2D eigenvalue weighted by Crippen LogP contribution is 2.31. The molecule has 3 rings (SSSR count). The van der Waals surface area contributed by atoms with Crippen LogP contribution in [0.25, 0.3) is 0 Å². The summed E-state index contributed by atoms with van der Waals surface area (Å²) in [6.45, 7) is 6.27. The van der Waals surface area contributed by atoms with E-state index in [1.54, 1.807) is 61.1 Å². The van der Waals surface area contributed by atoms with Gasteiger partial charge >= 0.3 is 0 Å². The first-order valence-corrected chi connectivity index (χ1v) is 11.3. The molecule has 0 aliphatic carbocycles. The van der Waals surface area contributed by atoms with Crippen molar-refractivity contribution in [3.63, 3.8) is 0 Å². The number of aromatic nitrogens is 2. The minimum atomic E-state index is -0.427. The van der Waals surface area contributed by atoms with E-state index in [0.29, 0.717) is 40.3 Å². The molecule has 1 aromatic heterocycles. The Morgan fingerprint density at radius 3 is 2.41 bits per heavy atom. The minimum absolute atomic E-state index is 0.312. The number of methoxy groups -OCH3 is 1. The SMILES string of the molecule is CCC(OC)Oc1cc(Oc2ccc(SC(C)C)cc2)cc(C(=O)Nc2ccn(C)n2)c1. The zero-order valence-electron chi connectivity index (χ0n) is 19.0. The number of hydrogen-bond acceptors (Lipinski definition) is 6. The van der Waals surface area contributed by atoms with Crippen LogP contribution in [0.3, 0.4) is 0 Å². The van der Waals surface area contributed by atoms with Crippen LogP contribution < -0.4 is 14.8 Å². The number of benzene rings is 2. The highest BCUT2D eigenvalue weighted by molar-refractivity contribution is 7.99. The summed E-state index contributed by atoms with van der Waals surface area (Å²) in [5.74, 6) is 1.80. The average molecular weight is 456 g/mol. The van der Waals surface area contributed by atoms with Crippen molar-refractivity contribution in [2.45, 2.75) is 43.6 Å². The third kappa shape index (κ3) is 6.77. The van der Waals surface area contributed by atoms with E-state index in [9.17, 15) is 4.79 Å². The number of aryl methyl sites for hydroxylation is 1. The van der Waals surface area contributed by atoms with Gasteiger partial charge in [0, 0.05) is 54.6 Å². The molecule has 32 heavy (non-hydrogen) atoms. The summed E-state index contributed by atoms with van der Waals surface area (Å²) in [6, 6.07) is 14.7. The lowest BCUT2D eigenvalue weighted by Gasteiger charge is -2.17. The van der Waals surface area contributed by atoms with Crippen molar-refractivity contribution in [1.82, 2.24) is 9.78 Å². The van der Waals surface area contributed by atoms with Crippen LogP contribution in [-0.4, -0.2) is 34.3 Å². The van der Waals surface area contributed by atoms with Gasteiger partial charge in [0.2, 0.25) is 0 Å². The smallest absolute Gasteiger partial charge is 0.257 e. The third-order valence-electron chi connectivity index (χ3n) is 4.39. The van der Waals surface area contributed by atoms with E-state index in [1.165, 1.54) is 4.90 Å². The first-order valence-electron chi connectivity index (χ1n) is 10.5. The molecule has 3 aromatic rings. The standard InChI is InChI=1S/C24H29N3O4S/c1-6-23(29-5)31-20-14-17(24(28)25-22-11-12-27(4)26-22)13-19(15-20)30-18-7-9-21(10-8-18)32-16(2)3/h7-16,23H,6H2,1-5H3,(H,25,26,28). The van der Waals surface area contributed by atoms with Gasteiger partial charge in [-0.25, -0.2) is 0 Å². The normalized spacial score (nSPS) is 11.9. The maximum atomic E-state index is 12.8. The predicted molar refractivity (Wildman–Crippen MR) is 127 cm³/mol. The molecule has 0 bridgehead atoms. The highest BCUT2D eigenvalue weighted by Gasteiger charge is 2.15. The molecule has 0 fully saturated rings. The fraction of sp³-hybridized carbons (Fsp3) is 0.333. The number of amides is 1. The second-order valence-corrected chi connectivity index (χ2v) is 9.10. The summed E-state index contributed by atoms with van der Waals surface area (Å²) in [4.78, 5) is 14.0. The van der Waals surface area contributed by atoms with Crippen LogP contribution in [0.2, 0.25) is 0 Å². The van der Waals surface area contributed by atoms with E-state index < -0.39 is 6.29 Å². The third-order valence-corrected chi connectivity index (χ3v) is 5.41. The van der Waals surface area contributed by atoms with Gasteiger partial charge in [-0.1, -0.05) is 20.8 Å². The van der Waals surface area contributed by atoms with E-state index in [2.05, 4.69) is 24.3 Å². The van der Waals surface area contributed by atoms with Crippen LogP contribution in [0.5, 0.6) is 17.2 Å². The molecular weight excluding hydrogens is 426 g/mol. The molecule has 8 heteroatoms. The Morgan fingerprint density at radius 2 is 1.81 bits per heavy atom. The lowest BCUT2D eigenvalue weighted by Crippen LogP contribution is -2.18.